The first-order valence-corrected chi connectivity index (χ1v) is 5.93. The molecule has 0 amide bonds. The van der Waals surface area contributed by atoms with Gasteiger partial charge >= 0.3 is 0 Å². The van der Waals surface area contributed by atoms with Crippen LogP contribution >= 0.6 is 0 Å². The van der Waals surface area contributed by atoms with E-state index in [-0.39, 0.29) is 0 Å². The molecule has 86 valence electrons. The van der Waals surface area contributed by atoms with Crippen molar-refractivity contribution < 1.29 is 0 Å². The Morgan fingerprint density at radius 3 is 2.87 bits per heavy atom. The Morgan fingerprint density at radius 2 is 2.33 bits per heavy atom. The smallest absolute Gasteiger partial charge is 0.191 e. The molecule has 0 aromatic rings. The van der Waals surface area contributed by atoms with Crippen LogP contribution in [0.25, 0.3) is 0 Å². The molecule has 0 aromatic heterocycles. The van der Waals surface area contributed by atoms with Crippen LogP contribution in [-0.4, -0.2) is 49.1 Å². The van der Waals surface area contributed by atoms with E-state index in [1.807, 2.05) is 0 Å². The summed E-state index contributed by atoms with van der Waals surface area (Å²) in [5, 5.41) is 6.69. The number of rotatable bonds is 4. The minimum atomic E-state index is 0.490. The van der Waals surface area contributed by atoms with Crippen LogP contribution in [-0.2, 0) is 0 Å². The van der Waals surface area contributed by atoms with Gasteiger partial charge in [0.2, 0.25) is 0 Å². The van der Waals surface area contributed by atoms with Gasteiger partial charge in [-0.2, -0.15) is 0 Å². The van der Waals surface area contributed by atoms with Crippen molar-refractivity contribution in [3.8, 4) is 0 Å². The number of guanidine groups is 1. The summed E-state index contributed by atoms with van der Waals surface area (Å²) < 4.78 is 0. The minimum absolute atomic E-state index is 0.490. The Kier molecular flexibility index (Phi) is 3.14. The highest BCUT2D eigenvalue weighted by Crippen LogP contribution is 2.26. The lowest BCUT2D eigenvalue weighted by atomic mass is 10.3. The van der Waals surface area contributed by atoms with Crippen LogP contribution in [0.3, 0.4) is 0 Å². The Labute approximate surface area is 92.1 Å². The molecule has 1 heterocycles. The van der Waals surface area contributed by atoms with E-state index >= 15 is 0 Å². The van der Waals surface area contributed by atoms with Crippen LogP contribution in [0.2, 0.25) is 0 Å². The van der Waals surface area contributed by atoms with Crippen LogP contribution < -0.4 is 10.6 Å². The molecular weight excluding hydrogens is 188 g/mol. The van der Waals surface area contributed by atoms with Gasteiger partial charge in [-0.1, -0.05) is 0 Å². The third kappa shape index (κ3) is 2.84. The largest absolute Gasteiger partial charge is 0.355 e. The predicted octanol–water partition coefficient (Wildman–Crippen LogP) is 0.406. The topological polar surface area (TPSA) is 39.7 Å². The quantitative estimate of drug-likeness (QED) is 0.706. The summed E-state index contributed by atoms with van der Waals surface area (Å²) in [6, 6.07) is 1.90. The maximum absolute atomic E-state index is 4.38. The van der Waals surface area contributed by atoms with E-state index in [0.717, 1.165) is 25.1 Å². The molecule has 0 bridgehead atoms. The molecule has 2 aliphatic rings. The molecular formula is C11H22N4. The summed E-state index contributed by atoms with van der Waals surface area (Å²) in [6.45, 7) is 6.29. The average molecular weight is 210 g/mol. The predicted molar refractivity (Wildman–Crippen MR) is 63.1 cm³/mol. The lowest BCUT2D eigenvalue weighted by Crippen LogP contribution is -2.45. The third-order valence-corrected chi connectivity index (χ3v) is 3.29. The van der Waals surface area contributed by atoms with Gasteiger partial charge in [-0.3, -0.25) is 9.89 Å². The standard InChI is InChI=1S/C11H22N4/c1-8-6-12-11(14-8)13-7-9(2)15(3)10-4-5-10/h8-10H,4-7H2,1-3H3,(H2,12,13,14). The van der Waals surface area contributed by atoms with E-state index in [1.54, 1.807) is 0 Å². The second kappa shape index (κ2) is 4.39. The Hall–Kier alpha value is -0.770. The Morgan fingerprint density at radius 1 is 1.60 bits per heavy atom. The zero-order valence-corrected chi connectivity index (χ0v) is 9.95. The van der Waals surface area contributed by atoms with Crippen LogP contribution in [0.4, 0.5) is 0 Å². The second-order valence-corrected chi connectivity index (χ2v) is 4.86. The molecule has 4 heteroatoms. The average Bonchev–Trinajstić information content (AvgIpc) is 2.98. The minimum Gasteiger partial charge on any atom is -0.355 e. The number of likely N-dealkylation sites (N-methyl/N-ethyl adjacent to an activating group) is 1. The number of nitrogens with zero attached hydrogens (tertiary/aromatic N) is 2. The zero-order chi connectivity index (χ0) is 10.8. The van der Waals surface area contributed by atoms with E-state index < -0.39 is 0 Å². The summed E-state index contributed by atoms with van der Waals surface area (Å²) in [5.41, 5.74) is 0. The lowest BCUT2D eigenvalue weighted by molar-refractivity contribution is 0.247. The van der Waals surface area contributed by atoms with Gasteiger partial charge in [0.1, 0.15) is 0 Å². The zero-order valence-electron chi connectivity index (χ0n) is 9.95. The van der Waals surface area contributed by atoms with Crippen molar-refractivity contribution >= 4 is 5.96 Å². The highest BCUT2D eigenvalue weighted by Gasteiger charge is 2.29. The van der Waals surface area contributed by atoms with Crippen LogP contribution in [0.15, 0.2) is 4.99 Å². The number of aliphatic imine (C=N–C) groups is 1. The Balaban J connectivity index is 1.68. The molecule has 2 rings (SSSR count). The fraction of sp³-hybridized carbons (Fsp3) is 0.909. The van der Waals surface area contributed by atoms with Gasteiger partial charge in [0.25, 0.3) is 0 Å². The van der Waals surface area contributed by atoms with Crippen molar-refractivity contribution in [3.63, 3.8) is 0 Å². The van der Waals surface area contributed by atoms with Gasteiger partial charge in [0.05, 0.1) is 6.54 Å². The molecule has 1 fully saturated rings. The van der Waals surface area contributed by atoms with E-state index in [1.165, 1.54) is 12.8 Å². The van der Waals surface area contributed by atoms with E-state index in [0.29, 0.717) is 12.1 Å². The molecule has 0 radical (unpaired) electrons. The summed E-state index contributed by atoms with van der Waals surface area (Å²) >= 11 is 0. The summed E-state index contributed by atoms with van der Waals surface area (Å²) in [7, 11) is 2.22. The maximum atomic E-state index is 4.38. The van der Waals surface area contributed by atoms with Gasteiger partial charge < -0.3 is 10.6 Å². The molecule has 1 saturated carbocycles. The second-order valence-electron chi connectivity index (χ2n) is 4.86. The van der Waals surface area contributed by atoms with Crippen LogP contribution in [0.1, 0.15) is 26.7 Å². The highest BCUT2D eigenvalue weighted by atomic mass is 15.3. The molecule has 1 aliphatic heterocycles. The van der Waals surface area contributed by atoms with Crippen molar-refractivity contribution in [1.82, 2.24) is 15.5 Å². The van der Waals surface area contributed by atoms with Gasteiger partial charge in [0, 0.05) is 24.7 Å². The monoisotopic (exact) mass is 210 g/mol. The third-order valence-electron chi connectivity index (χ3n) is 3.29. The van der Waals surface area contributed by atoms with Gasteiger partial charge in [-0.15, -0.1) is 0 Å². The van der Waals surface area contributed by atoms with E-state index in [2.05, 4.69) is 41.4 Å². The molecule has 0 aromatic carbocycles. The van der Waals surface area contributed by atoms with Crippen molar-refractivity contribution in [1.29, 1.82) is 0 Å². The molecule has 2 unspecified atom stereocenters. The summed E-state index contributed by atoms with van der Waals surface area (Å²) in [5.74, 6) is 0.971. The molecule has 2 N–H and O–H groups in total. The molecule has 15 heavy (non-hydrogen) atoms. The molecule has 1 aliphatic carbocycles. The first-order valence-electron chi connectivity index (χ1n) is 5.93. The fourth-order valence-corrected chi connectivity index (χ4v) is 1.89. The van der Waals surface area contributed by atoms with Crippen molar-refractivity contribution in [2.24, 2.45) is 4.99 Å². The normalized spacial score (nSPS) is 27.5. The van der Waals surface area contributed by atoms with Crippen LogP contribution in [0.5, 0.6) is 0 Å². The van der Waals surface area contributed by atoms with Crippen molar-refractivity contribution in [3.05, 3.63) is 0 Å². The molecule has 0 saturated heterocycles. The fourth-order valence-electron chi connectivity index (χ4n) is 1.89. The Bertz CT molecular complexity index is 247. The van der Waals surface area contributed by atoms with Gasteiger partial charge in [-0.05, 0) is 33.7 Å². The maximum Gasteiger partial charge on any atom is 0.191 e. The van der Waals surface area contributed by atoms with Gasteiger partial charge in [0.15, 0.2) is 5.96 Å². The van der Waals surface area contributed by atoms with Crippen LogP contribution in [0, 0.1) is 0 Å². The molecule has 4 nitrogen and oxygen atoms in total. The highest BCUT2D eigenvalue weighted by molar-refractivity contribution is 5.81. The summed E-state index contributed by atoms with van der Waals surface area (Å²) in [6.07, 6.45) is 2.74. The van der Waals surface area contributed by atoms with E-state index in [9.17, 15) is 0 Å². The number of nitrogens with one attached hydrogen (secondary N) is 2. The number of hydrogen-bond donors (Lipinski definition) is 2. The molecule has 0 spiro atoms. The first-order chi connectivity index (χ1) is 7.16. The number of hydrogen-bond acceptors (Lipinski definition) is 4. The van der Waals surface area contributed by atoms with Crippen molar-refractivity contribution in [2.75, 3.05) is 20.1 Å². The first kappa shape index (κ1) is 10.7. The molecule has 2 atom stereocenters. The van der Waals surface area contributed by atoms with Gasteiger partial charge in [-0.25, -0.2) is 0 Å². The lowest BCUT2D eigenvalue weighted by Gasteiger charge is -2.25. The SMILES string of the molecule is CC1CN=C(NCC(C)N(C)C2CC2)N1. The van der Waals surface area contributed by atoms with E-state index in [4.69, 9.17) is 0 Å². The van der Waals surface area contributed by atoms with Crippen molar-refractivity contribution in [2.45, 2.75) is 44.8 Å². The summed E-state index contributed by atoms with van der Waals surface area (Å²) in [4.78, 5) is 6.85.